The third kappa shape index (κ3) is 2.60. The third-order valence-corrected chi connectivity index (χ3v) is 5.01. The third-order valence-electron chi connectivity index (χ3n) is 4.28. The zero-order chi connectivity index (χ0) is 12.4. The van der Waals surface area contributed by atoms with Gasteiger partial charge in [-0.3, -0.25) is 4.90 Å². The van der Waals surface area contributed by atoms with E-state index in [2.05, 4.69) is 27.8 Å². The summed E-state index contributed by atoms with van der Waals surface area (Å²) in [6.07, 6.45) is 7.53. The fourth-order valence-corrected chi connectivity index (χ4v) is 3.84. The van der Waals surface area contributed by atoms with Gasteiger partial charge in [-0.2, -0.15) is 16.6 Å². The molecule has 0 N–H and O–H groups in total. The first-order chi connectivity index (χ1) is 8.88. The highest BCUT2D eigenvalue weighted by atomic mass is 32.1. The van der Waals surface area contributed by atoms with Crippen molar-refractivity contribution in [2.75, 3.05) is 0 Å². The van der Waals surface area contributed by atoms with E-state index < -0.39 is 0 Å². The van der Waals surface area contributed by atoms with Crippen LogP contribution in [-0.2, 0) is 6.54 Å². The first-order valence-corrected chi connectivity index (χ1v) is 7.99. The van der Waals surface area contributed by atoms with Crippen LogP contribution < -0.4 is 0 Å². The highest BCUT2D eigenvalue weighted by molar-refractivity contribution is 7.07. The summed E-state index contributed by atoms with van der Waals surface area (Å²) in [5.41, 5.74) is 1.43. The number of hydrogen-bond acceptors (Lipinski definition) is 3. The van der Waals surface area contributed by atoms with Gasteiger partial charge >= 0.3 is 0 Å². The van der Waals surface area contributed by atoms with Crippen LogP contribution >= 0.6 is 11.3 Å². The fourth-order valence-electron chi connectivity index (χ4n) is 3.18. The molecule has 3 heteroatoms. The molecule has 2 aliphatic carbocycles. The van der Waals surface area contributed by atoms with Crippen molar-refractivity contribution in [2.24, 2.45) is 5.92 Å². The molecule has 1 aromatic heterocycles. The number of hydrogen-bond donors (Lipinski definition) is 0. The first-order valence-electron chi connectivity index (χ1n) is 7.05. The number of rotatable bonds is 4. The lowest BCUT2D eigenvalue weighted by Crippen LogP contribution is -2.42. The average Bonchev–Trinajstić information content (AvgIpc) is 3.13. The van der Waals surface area contributed by atoms with Crippen LogP contribution in [0, 0.1) is 17.2 Å². The summed E-state index contributed by atoms with van der Waals surface area (Å²) < 4.78 is 0. The smallest absolute Gasteiger partial charge is 0.0672 e. The SMILES string of the molecule is N#CC1CCCCC1N(Cc1ccsc1)C1CC1. The molecule has 0 radical (unpaired) electrons. The minimum absolute atomic E-state index is 0.262. The molecule has 1 heterocycles. The molecule has 2 atom stereocenters. The van der Waals surface area contributed by atoms with E-state index in [0.717, 1.165) is 19.0 Å². The molecule has 96 valence electrons. The Hall–Kier alpha value is -0.850. The topological polar surface area (TPSA) is 27.0 Å². The van der Waals surface area contributed by atoms with Crippen molar-refractivity contribution in [3.05, 3.63) is 22.4 Å². The van der Waals surface area contributed by atoms with Crippen molar-refractivity contribution in [3.8, 4) is 6.07 Å². The van der Waals surface area contributed by atoms with Gasteiger partial charge < -0.3 is 0 Å². The maximum Gasteiger partial charge on any atom is 0.0672 e. The van der Waals surface area contributed by atoms with Crippen molar-refractivity contribution in [1.29, 1.82) is 5.26 Å². The molecular weight excluding hydrogens is 240 g/mol. The molecule has 2 nitrogen and oxygen atoms in total. The largest absolute Gasteiger partial charge is 0.292 e. The summed E-state index contributed by atoms with van der Waals surface area (Å²) in [7, 11) is 0. The van der Waals surface area contributed by atoms with Crippen LogP contribution in [0.15, 0.2) is 16.8 Å². The molecule has 0 saturated heterocycles. The van der Waals surface area contributed by atoms with Gasteiger partial charge in [0.25, 0.3) is 0 Å². The number of thiophene rings is 1. The van der Waals surface area contributed by atoms with E-state index in [4.69, 9.17) is 0 Å². The monoisotopic (exact) mass is 260 g/mol. The molecule has 2 aliphatic rings. The van der Waals surface area contributed by atoms with Crippen molar-refractivity contribution in [2.45, 2.75) is 57.2 Å². The molecule has 0 amide bonds. The summed E-state index contributed by atoms with van der Waals surface area (Å²) in [4.78, 5) is 2.63. The molecule has 3 rings (SSSR count). The van der Waals surface area contributed by atoms with Gasteiger partial charge in [-0.15, -0.1) is 0 Å². The predicted octanol–water partition coefficient (Wildman–Crippen LogP) is 3.79. The lowest BCUT2D eigenvalue weighted by atomic mass is 9.84. The van der Waals surface area contributed by atoms with E-state index in [9.17, 15) is 5.26 Å². The minimum atomic E-state index is 0.262. The van der Waals surface area contributed by atoms with E-state index in [1.165, 1.54) is 37.7 Å². The van der Waals surface area contributed by atoms with Crippen LogP contribution in [0.1, 0.15) is 44.1 Å². The summed E-state index contributed by atoms with van der Waals surface area (Å²) in [5, 5.41) is 13.8. The molecule has 2 fully saturated rings. The van der Waals surface area contributed by atoms with Gasteiger partial charge in [0.05, 0.1) is 12.0 Å². The van der Waals surface area contributed by atoms with E-state index in [1.54, 1.807) is 11.3 Å². The second-order valence-electron chi connectivity index (χ2n) is 5.62. The number of nitrogens with zero attached hydrogens (tertiary/aromatic N) is 2. The van der Waals surface area contributed by atoms with Crippen LogP contribution in [0.25, 0.3) is 0 Å². The summed E-state index contributed by atoms with van der Waals surface area (Å²) >= 11 is 1.78. The first kappa shape index (κ1) is 12.2. The van der Waals surface area contributed by atoms with Gasteiger partial charge in [0, 0.05) is 18.6 Å². The van der Waals surface area contributed by atoms with Crippen LogP contribution in [0.2, 0.25) is 0 Å². The Balaban J connectivity index is 1.74. The zero-order valence-corrected chi connectivity index (χ0v) is 11.5. The highest BCUT2D eigenvalue weighted by Crippen LogP contribution is 2.37. The second-order valence-corrected chi connectivity index (χ2v) is 6.40. The normalized spacial score (nSPS) is 28.2. The Labute approximate surface area is 113 Å². The highest BCUT2D eigenvalue weighted by Gasteiger charge is 2.38. The van der Waals surface area contributed by atoms with E-state index in [-0.39, 0.29) is 5.92 Å². The maximum atomic E-state index is 9.36. The number of nitriles is 1. The van der Waals surface area contributed by atoms with Gasteiger partial charge in [-0.25, -0.2) is 0 Å². The molecule has 0 bridgehead atoms. The Morgan fingerprint density at radius 3 is 2.78 bits per heavy atom. The van der Waals surface area contributed by atoms with E-state index in [1.807, 2.05) is 0 Å². The van der Waals surface area contributed by atoms with Gasteiger partial charge in [0.1, 0.15) is 0 Å². The lowest BCUT2D eigenvalue weighted by molar-refractivity contribution is 0.111. The zero-order valence-electron chi connectivity index (χ0n) is 10.7. The van der Waals surface area contributed by atoms with Crippen molar-refractivity contribution >= 4 is 11.3 Å². The molecule has 0 aromatic carbocycles. The van der Waals surface area contributed by atoms with Crippen molar-refractivity contribution in [3.63, 3.8) is 0 Å². The van der Waals surface area contributed by atoms with Crippen LogP contribution in [-0.4, -0.2) is 17.0 Å². The van der Waals surface area contributed by atoms with E-state index >= 15 is 0 Å². The predicted molar refractivity (Wildman–Crippen MR) is 74.2 cm³/mol. The molecule has 2 saturated carbocycles. The average molecular weight is 260 g/mol. The Kier molecular flexibility index (Phi) is 3.67. The van der Waals surface area contributed by atoms with Crippen molar-refractivity contribution in [1.82, 2.24) is 4.90 Å². The van der Waals surface area contributed by atoms with Gasteiger partial charge in [0.15, 0.2) is 0 Å². The van der Waals surface area contributed by atoms with Crippen LogP contribution in [0.4, 0.5) is 0 Å². The maximum absolute atomic E-state index is 9.36. The quantitative estimate of drug-likeness (QED) is 0.823. The van der Waals surface area contributed by atoms with Gasteiger partial charge in [-0.05, 0) is 48.1 Å². The Morgan fingerprint density at radius 2 is 2.11 bits per heavy atom. The van der Waals surface area contributed by atoms with Crippen molar-refractivity contribution < 1.29 is 0 Å². The summed E-state index contributed by atoms with van der Waals surface area (Å²) in [5.74, 6) is 0.262. The lowest BCUT2D eigenvalue weighted by Gasteiger charge is -2.37. The molecular formula is C15H20N2S. The molecule has 0 spiro atoms. The molecule has 18 heavy (non-hydrogen) atoms. The Bertz CT molecular complexity index is 416. The minimum Gasteiger partial charge on any atom is -0.292 e. The molecule has 0 aliphatic heterocycles. The summed E-state index contributed by atoms with van der Waals surface area (Å²) in [6, 6.07) is 6.05. The second kappa shape index (κ2) is 5.42. The fraction of sp³-hybridized carbons (Fsp3) is 0.667. The van der Waals surface area contributed by atoms with E-state index in [0.29, 0.717) is 6.04 Å². The van der Waals surface area contributed by atoms with Crippen LogP contribution in [0.3, 0.4) is 0 Å². The Morgan fingerprint density at radius 1 is 1.28 bits per heavy atom. The van der Waals surface area contributed by atoms with Gasteiger partial charge in [0.2, 0.25) is 0 Å². The standard InChI is InChI=1S/C15H20N2S/c16-9-13-3-1-2-4-15(13)17(14-5-6-14)10-12-7-8-18-11-12/h7-8,11,13-15H,1-6,10H2. The van der Waals surface area contributed by atoms with Crippen LogP contribution in [0.5, 0.6) is 0 Å². The van der Waals surface area contributed by atoms with Gasteiger partial charge in [-0.1, -0.05) is 12.8 Å². The molecule has 2 unspecified atom stereocenters. The molecule has 1 aromatic rings. The summed E-state index contributed by atoms with van der Waals surface area (Å²) in [6.45, 7) is 1.05.